The van der Waals surface area contributed by atoms with Crippen LogP contribution in [-0.2, 0) is 0 Å². The van der Waals surface area contributed by atoms with Crippen molar-refractivity contribution in [1.29, 1.82) is 0 Å². The highest BCUT2D eigenvalue weighted by molar-refractivity contribution is 4.80. The molecule has 13 heavy (non-hydrogen) atoms. The summed E-state index contributed by atoms with van der Waals surface area (Å²) in [6.45, 7) is 3.25. The Hall–Kier alpha value is -0.290. The molecule has 2 atom stereocenters. The summed E-state index contributed by atoms with van der Waals surface area (Å²) in [4.78, 5) is 0. The van der Waals surface area contributed by atoms with Crippen molar-refractivity contribution >= 4 is 0 Å². The molecule has 5 heteroatoms. The molecule has 0 aromatic carbocycles. The lowest BCUT2D eigenvalue weighted by Gasteiger charge is -2.19. The lowest BCUT2D eigenvalue weighted by Crippen LogP contribution is -2.40. The van der Waals surface area contributed by atoms with Gasteiger partial charge in [-0.05, 0) is 19.9 Å². The first-order valence-electron chi connectivity index (χ1n) is 4.51. The van der Waals surface area contributed by atoms with Crippen LogP contribution in [0.25, 0.3) is 0 Å². The Morgan fingerprint density at radius 1 is 1.54 bits per heavy atom. The minimum atomic E-state index is -4.06. The molecule has 1 saturated heterocycles. The summed E-state index contributed by atoms with van der Waals surface area (Å²) in [6, 6.07) is -0.276. The summed E-state index contributed by atoms with van der Waals surface area (Å²) < 4.78 is 35.8. The van der Waals surface area contributed by atoms with E-state index in [-0.39, 0.29) is 6.04 Å². The van der Waals surface area contributed by atoms with Gasteiger partial charge in [0, 0.05) is 18.6 Å². The molecule has 1 aliphatic heterocycles. The molecular formula is C8H15F3N2. The van der Waals surface area contributed by atoms with Crippen LogP contribution in [0.3, 0.4) is 0 Å². The third kappa shape index (κ3) is 4.47. The second-order valence-corrected chi connectivity index (χ2v) is 3.58. The molecule has 0 aromatic heterocycles. The lowest BCUT2D eigenvalue weighted by atomic mass is 10.2. The second-order valence-electron chi connectivity index (χ2n) is 3.58. The van der Waals surface area contributed by atoms with Crippen LogP contribution in [0.4, 0.5) is 13.2 Å². The molecule has 0 amide bonds. The van der Waals surface area contributed by atoms with Gasteiger partial charge in [-0.3, -0.25) is 0 Å². The van der Waals surface area contributed by atoms with Gasteiger partial charge in [0.15, 0.2) is 0 Å². The monoisotopic (exact) mass is 196 g/mol. The maximum absolute atomic E-state index is 11.9. The maximum Gasteiger partial charge on any atom is 0.390 e. The summed E-state index contributed by atoms with van der Waals surface area (Å²) in [5, 5.41) is 6.05. The lowest BCUT2D eigenvalue weighted by molar-refractivity contribution is -0.139. The Bertz CT molecular complexity index is 152. The van der Waals surface area contributed by atoms with Gasteiger partial charge in [0.25, 0.3) is 0 Å². The van der Waals surface area contributed by atoms with Gasteiger partial charge in [-0.25, -0.2) is 0 Å². The van der Waals surface area contributed by atoms with E-state index in [1.54, 1.807) is 6.92 Å². The van der Waals surface area contributed by atoms with Crippen molar-refractivity contribution < 1.29 is 13.2 Å². The molecule has 0 bridgehead atoms. The van der Waals surface area contributed by atoms with Crippen molar-refractivity contribution in [2.24, 2.45) is 0 Å². The zero-order chi connectivity index (χ0) is 9.90. The van der Waals surface area contributed by atoms with E-state index < -0.39 is 18.6 Å². The highest BCUT2D eigenvalue weighted by Gasteiger charge is 2.30. The van der Waals surface area contributed by atoms with Gasteiger partial charge in [-0.1, -0.05) is 0 Å². The Balaban J connectivity index is 2.20. The summed E-state index contributed by atoms with van der Waals surface area (Å²) in [7, 11) is 0. The normalized spacial score (nSPS) is 26.3. The van der Waals surface area contributed by atoms with Crippen molar-refractivity contribution in [1.82, 2.24) is 10.6 Å². The molecule has 0 aliphatic carbocycles. The Labute approximate surface area is 75.9 Å². The summed E-state index contributed by atoms with van der Waals surface area (Å²) in [5.41, 5.74) is 0. The summed E-state index contributed by atoms with van der Waals surface area (Å²) in [6.07, 6.45) is -3.88. The number of halogens is 3. The molecule has 78 valence electrons. The average molecular weight is 196 g/mol. The zero-order valence-electron chi connectivity index (χ0n) is 7.62. The number of alkyl halides is 3. The predicted molar refractivity (Wildman–Crippen MR) is 44.5 cm³/mol. The van der Waals surface area contributed by atoms with E-state index in [2.05, 4.69) is 10.6 Å². The van der Waals surface area contributed by atoms with Crippen LogP contribution in [0.2, 0.25) is 0 Å². The third-order valence-corrected chi connectivity index (χ3v) is 2.12. The SMILES string of the molecule is CC(CC(F)(F)F)NC1CCNC1. The van der Waals surface area contributed by atoms with Gasteiger partial charge in [0.05, 0.1) is 6.42 Å². The van der Waals surface area contributed by atoms with Gasteiger partial charge in [-0.2, -0.15) is 13.2 Å². The highest BCUT2D eigenvalue weighted by Crippen LogP contribution is 2.21. The smallest absolute Gasteiger partial charge is 0.315 e. The van der Waals surface area contributed by atoms with Crippen LogP contribution in [0.15, 0.2) is 0 Å². The van der Waals surface area contributed by atoms with E-state index in [4.69, 9.17) is 0 Å². The molecular weight excluding hydrogens is 181 g/mol. The molecule has 2 nitrogen and oxygen atoms in total. The fourth-order valence-electron chi connectivity index (χ4n) is 1.61. The van der Waals surface area contributed by atoms with Crippen molar-refractivity contribution in [2.45, 2.75) is 38.0 Å². The van der Waals surface area contributed by atoms with Crippen molar-refractivity contribution in [3.63, 3.8) is 0 Å². The maximum atomic E-state index is 11.9. The van der Waals surface area contributed by atoms with E-state index in [0.29, 0.717) is 0 Å². The van der Waals surface area contributed by atoms with Gasteiger partial charge >= 0.3 is 6.18 Å². The number of rotatable bonds is 3. The van der Waals surface area contributed by atoms with Gasteiger partial charge in [-0.15, -0.1) is 0 Å². The molecule has 0 saturated carbocycles. The molecule has 0 radical (unpaired) electrons. The second kappa shape index (κ2) is 4.28. The van der Waals surface area contributed by atoms with E-state index in [1.165, 1.54) is 0 Å². The van der Waals surface area contributed by atoms with Crippen LogP contribution in [0, 0.1) is 0 Å². The molecule has 0 aromatic rings. The fourth-order valence-corrected chi connectivity index (χ4v) is 1.61. The minimum Gasteiger partial charge on any atom is -0.315 e. The van der Waals surface area contributed by atoms with Crippen molar-refractivity contribution in [2.75, 3.05) is 13.1 Å². The summed E-state index contributed by atoms with van der Waals surface area (Å²) in [5.74, 6) is 0. The molecule has 1 aliphatic rings. The largest absolute Gasteiger partial charge is 0.390 e. The fraction of sp³-hybridized carbons (Fsp3) is 1.00. The third-order valence-electron chi connectivity index (χ3n) is 2.12. The molecule has 1 fully saturated rings. The predicted octanol–water partition coefficient (Wildman–Crippen LogP) is 1.28. The molecule has 2 N–H and O–H groups in total. The zero-order valence-corrected chi connectivity index (χ0v) is 7.62. The highest BCUT2D eigenvalue weighted by atomic mass is 19.4. The quantitative estimate of drug-likeness (QED) is 0.710. The first-order chi connectivity index (χ1) is 5.97. The van der Waals surface area contributed by atoms with Crippen LogP contribution >= 0.6 is 0 Å². The molecule has 0 spiro atoms. The first-order valence-corrected chi connectivity index (χ1v) is 4.51. The van der Waals surface area contributed by atoms with Crippen molar-refractivity contribution in [3.8, 4) is 0 Å². The number of nitrogens with one attached hydrogen (secondary N) is 2. The minimum absolute atomic E-state index is 0.206. The Morgan fingerprint density at radius 2 is 2.23 bits per heavy atom. The van der Waals surface area contributed by atoms with E-state index >= 15 is 0 Å². The standard InChI is InChI=1S/C8H15F3N2/c1-6(4-8(9,10)11)13-7-2-3-12-5-7/h6-7,12-13H,2-5H2,1H3. The Morgan fingerprint density at radius 3 is 2.69 bits per heavy atom. The average Bonchev–Trinajstić information content (AvgIpc) is 2.34. The van der Waals surface area contributed by atoms with Gasteiger partial charge < -0.3 is 10.6 Å². The van der Waals surface area contributed by atoms with Crippen LogP contribution in [0.1, 0.15) is 19.8 Å². The molecule has 1 rings (SSSR count). The Kier molecular flexibility index (Phi) is 3.55. The van der Waals surface area contributed by atoms with E-state index in [1.807, 2.05) is 0 Å². The van der Waals surface area contributed by atoms with Gasteiger partial charge in [0.1, 0.15) is 0 Å². The summed E-state index contributed by atoms with van der Waals surface area (Å²) >= 11 is 0. The number of hydrogen-bond acceptors (Lipinski definition) is 2. The number of hydrogen-bond donors (Lipinski definition) is 2. The molecule has 1 heterocycles. The van der Waals surface area contributed by atoms with E-state index in [9.17, 15) is 13.2 Å². The van der Waals surface area contributed by atoms with Crippen LogP contribution < -0.4 is 10.6 Å². The van der Waals surface area contributed by atoms with Crippen LogP contribution in [0.5, 0.6) is 0 Å². The van der Waals surface area contributed by atoms with Gasteiger partial charge in [0.2, 0.25) is 0 Å². The van der Waals surface area contributed by atoms with Crippen LogP contribution in [-0.4, -0.2) is 31.3 Å². The van der Waals surface area contributed by atoms with E-state index in [0.717, 1.165) is 19.5 Å². The topological polar surface area (TPSA) is 24.1 Å². The first kappa shape index (κ1) is 10.8. The molecule has 2 unspecified atom stereocenters. The van der Waals surface area contributed by atoms with Crippen molar-refractivity contribution in [3.05, 3.63) is 0 Å².